The van der Waals surface area contributed by atoms with E-state index in [0.717, 1.165) is 0 Å². The van der Waals surface area contributed by atoms with Gasteiger partial charge < -0.3 is 16.2 Å². The summed E-state index contributed by atoms with van der Waals surface area (Å²) in [7, 11) is -0.153. The monoisotopic (exact) mass is 490 g/mol. The zero-order valence-electron chi connectivity index (χ0n) is 17.3. The van der Waals surface area contributed by atoms with Crippen LogP contribution < -0.4 is 16.2 Å². The SMILES string of the molecule is CS(C)=Nc1ccc(C(=O)N=C(N)c2cc(OCc3c(Cl)cncc3Cl)ccc2N)cn1. The van der Waals surface area contributed by atoms with E-state index in [0.29, 0.717) is 38.4 Å². The lowest BCUT2D eigenvalue weighted by atomic mass is 10.1. The van der Waals surface area contributed by atoms with E-state index in [9.17, 15) is 4.79 Å². The van der Waals surface area contributed by atoms with Crippen LogP contribution in [0.15, 0.2) is 58.3 Å². The molecule has 0 aliphatic rings. The highest BCUT2D eigenvalue weighted by atomic mass is 35.5. The number of hydrogen-bond donors (Lipinski definition) is 2. The van der Waals surface area contributed by atoms with Crippen molar-refractivity contribution < 1.29 is 9.53 Å². The topological polar surface area (TPSA) is 129 Å². The summed E-state index contributed by atoms with van der Waals surface area (Å²) in [6, 6.07) is 8.12. The predicted octanol–water partition coefficient (Wildman–Crippen LogP) is 4.18. The van der Waals surface area contributed by atoms with Gasteiger partial charge in [-0.2, -0.15) is 4.99 Å². The van der Waals surface area contributed by atoms with Gasteiger partial charge in [0.25, 0.3) is 5.91 Å². The Bertz CT molecular complexity index is 1190. The second-order valence-electron chi connectivity index (χ2n) is 6.69. The molecule has 0 bridgehead atoms. The van der Waals surface area contributed by atoms with Crippen molar-refractivity contribution in [2.45, 2.75) is 6.61 Å². The van der Waals surface area contributed by atoms with Gasteiger partial charge in [0, 0.05) is 35.4 Å². The first-order valence-corrected chi connectivity index (χ1v) is 11.9. The number of aromatic nitrogens is 2. The third-order valence-corrected chi connectivity index (χ3v) is 5.33. The maximum Gasteiger partial charge on any atom is 0.280 e. The van der Waals surface area contributed by atoms with Gasteiger partial charge in [0.2, 0.25) is 0 Å². The quantitative estimate of drug-likeness (QED) is 0.302. The fourth-order valence-corrected chi connectivity index (χ4v) is 3.52. The number of carbonyl (C=O) groups is 1. The van der Waals surface area contributed by atoms with Crippen LogP contribution in [0.3, 0.4) is 0 Å². The molecule has 0 aliphatic heterocycles. The van der Waals surface area contributed by atoms with E-state index in [4.69, 9.17) is 39.4 Å². The fraction of sp³-hybridized carbons (Fsp3) is 0.143. The number of halogens is 2. The fourth-order valence-electron chi connectivity index (χ4n) is 2.57. The van der Waals surface area contributed by atoms with E-state index in [1.165, 1.54) is 18.6 Å². The Morgan fingerprint density at radius 2 is 1.84 bits per heavy atom. The molecule has 0 radical (unpaired) electrons. The molecule has 0 unspecified atom stereocenters. The average molecular weight is 491 g/mol. The van der Waals surface area contributed by atoms with E-state index in [1.54, 1.807) is 30.3 Å². The number of benzene rings is 1. The summed E-state index contributed by atoms with van der Waals surface area (Å²) >= 11 is 12.2. The van der Waals surface area contributed by atoms with Gasteiger partial charge in [-0.15, -0.1) is 0 Å². The van der Waals surface area contributed by atoms with Crippen molar-refractivity contribution in [1.82, 2.24) is 9.97 Å². The van der Waals surface area contributed by atoms with E-state index in [-0.39, 0.29) is 28.7 Å². The van der Waals surface area contributed by atoms with Crippen molar-refractivity contribution in [2.24, 2.45) is 15.1 Å². The zero-order chi connectivity index (χ0) is 23.3. The molecule has 3 rings (SSSR count). The molecule has 11 heteroatoms. The maximum absolute atomic E-state index is 12.5. The van der Waals surface area contributed by atoms with Crippen molar-refractivity contribution in [3.05, 3.63) is 75.7 Å². The minimum absolute atomic E-state index is 0.0460. The molecule has 0 saturated carbocycles. The van der Waals surface area contributed by atoms with Crippen molar-refractivity contribution in [1.29, 1.82) is 0 Å². The number of ether oxygens (including phenoxy) is 1. The summed E-state index contributed by atoms with van der Waals surface area (Å²) in [5, 5.41) is 0.780. The lowest BCUT2D eigenvalue weighted by Crippen LogP contribution is -2.18. The van der Waals surface area contributed by atoms with Gasteiger partial charge in [-0.25, -0.2) is 9.35 Å². The third-order valence-electron chi connectivity index (χ3n) is 4.13. The van der Waals surface area contributed by atoms with Gasteiger partial charge in [0.05, 0.1) is 15.6 Å². The first-order valence-electron chi connectivity index (χ1n) is 9.19. The maximum atomic E-state index is 12.5. The number of nitrogen functional groups attached to an aromatic ring is 1. The molecule has 32 heavy (non-hydrogen) atoms. The summed E-state index contributed by atoms with van der Waals surface area (Å²) in [4.78, 5) is 24.5. The van der Waals surface area contributed by atoms with Crippen LogP contribution >= 0.6 is 23.2 Å². The number of amides is 1. The highest BCUT2D eigenvalue weighted by molar-refractivity contribution is 7.85. The molecule has 0 fully saturated rings. The minimum Gasteiger partial charge on any atom is -0.489 e. The normalized spacial score (nSPS) is 11.5. The van der Waals surface area contributed by atoms with Gasteiger partial charge in [-0.1, -0.05) is 33.9 Å². The largest absolute Gasteiger partial charge is 0.489 e. The van der Waals surface area contributed by atoms with Gasteiger partial charge in [0.15, 0.2) is 5.82 Å². The predicted molar refractivity (Wildman–Crippen MR) is 130 cm³/mol. The van der Waals surface area contributed by atoms with Crippen LogP contribution in [0.4, 0.5) is 11.5 Å². The Kier molecular flexibility index (Phi) is 7.79. The molecule has 166 valence electrons. The molecule has 0 saturated heterocycles. The molecule has 1 amide bonds. The Morgan fingerprint density at radius 3 is 2.47 bits per heavy atom. The van der Waals surface area contributed by atoms with Gasteiger partial charge >= 0.3 is 0 Å². The van der Waals surface area contributed by atoms with Crippen molar-refractivity contribution in [3.63, 3.8) is 0 Å². The number of nitrogens with two attached hydrogens (primary N) is 2. The number of nitrogens with zero attached hydrogens (tertiary/aromatic N) is 4. The summed E-state index contributed by atoms with van der Waals surface area (Å²) in [6.07, 6.45) is 8.31. The molecule has 0 spiro atoms. The Hall–Kier alpha value is -3.01. The minimum atomic E-state index is -0.547. The number of aliphatic imine (C=N–C) groups is 1. The second kappa shape index (κ2) is 10.5. The van der Waals surface area contributed by atoms with E-state index < -0.39 is 5.91 Å². The van der Waals surface area contributed by atoms with Crippen molar-refractivity contribution in [3.8, 4) is 5.75 Å². The number of anilines is 1. The standard InChI is InChI=1S/C21H20Cl2N6O2S/c1-32(2)29-19-6-3-12(8-27-19)21(30)28-20(25)14-7-13(4-5-18(14)24)31-11-15-16(22)9-26-10-17(15)23/h3-10H,11,24H2,1-2H3,(H2,25,28,30). The Balaban J connectivity index is 1.78. The summed E-state index contributed by atoms with van der Waals surface area (Å²) in [6.45, 7) is 0.111. The van der Waals surface area contributed by atoms with Crippen molar-refractivity contribution in [2.75, 3.05) is 18.2 Å². The summed E-state index contributed by atoms with van der Waals surface area (Å²) in [5.74, 6) is 0.409. The van der Waals surface area contributed by atoms with E-state index >= 15 is 0 Å². The summed E-state index contributed by atoms with van der Waals surface area (Å²) < 4.78 is 10.1. The van der Waals surface area contributed by atoms with Gasteiger partial charge in [-0.3, -0.25) is 9.78 Å². The van der Waals surface area contributed by atoms with Crippen LogP contribution in [-0.4, -0.2) is 34.2 Å². The zero-order valence-corrected chi connectivity index (χ0v) is 19.6. The molecule has 0 atom stereocenters. The number of hydrogen-bond acceptors (Lipinski definition) is 6. The number of rotatable bonds is 6. The summed E-state index contributed by atoms with van der Waals surface area (Å²) in [5.41, 5.74) is 13.7. The van der Waals surface area contributed by atoms with Crippen LogP contribution in [0.2, 0.25) is 10.0 Å². The molecule has 4 N–H and O–H groups in total. The lowest BCUT2D eigenvalue weighted by Gasteiger charge is -2.11. The first-order chi connectivity index (χ1) is 15.2. The molecule has 2 aromatic heterocycles. The van der Waals surface area contributed by atoms with Crippen LogP contribution in [0.1, 0.15) is 21.5 Å². The second-order valence-corrected chi connectivity index (χ2v) is 9.24. The first kappa shape index (κ1) is 23.6. The molecular formula is C21H20Cl2N6O2S. The number of pyridine rings is 2. The van der Waals surface area contributed by atoms with Crippen LogP contribution in [0.5, 0.6) is 5.75 Å². The van der Waals surface area contributed by atoms with Crippen LogP contribution in [-0.2, 0) is 17.3 Å². The Morgan fingerprint density at radius 1 is 1.12 bits per heavy atom. The highest BCUT2D eigenvalue weighted by Gasteiger charge is 2.12. The molecular weight excluding hydrogens is 471 g/mol. The number of amidine groups is 1. The van der Waals surface area contributed by atoms with Crippen LogP contribution in [0, 0.1) is 0 Å². The molecule has 3 aromatic rings. The molecule has 8 nitrogen and oxygen atoms in total. The highest BCUT2D eigenvalue weighted by Crippen LogP contribution is 2.26. The average Bonchev–Trinajstić information content (AvgIpc) is 2.74. The number of carbonyl (C=O) groups excluding carboxylic acids is 1. The van der Waals surface area contributed by atoms with E-state index in [1.807, 2.05) is 12.5 Å². The molecule has 2 heterocycles. The van der Waals surface area contributed by atoms with Gasteiger partial charge in [0.1, 0.15) is 18.2 Å². The Labute approximate surface area is 197 Å². The van der Waals surface area contributed by atoms with Gasteiger partial charge in [-0.05, 0) is 42.8 Å². The van der Waals surface area contributed by atoms with E-state index in [2.05, 4.69) is 19.3 Å². The molecule has 1 aromatic carbocycles. The van der Waals surface area contributed by atoms with Crippen LogP contribution in [0.25, 0.3) is 0 Å². The van der Waals surface area contributed by atoms with Crippen molar-refractivity contribution >= 4 is 57.1 Å². The third kappa shape index (κ3) is 6.03. The smallest absolute Gasteiger partial charge is 0.280 e. The molecule has 0 aliphatic carbocycles. The lowest BCUT2D eigenvalue weighted by molar-refractivity contribution is 0.100.